The largest absolute Gasteiger partial charge is 0.507 e. The number of methoxy groups -OCH3 is 1. The van der Waals surface area contributed by atoms with Crippen LogP contribution in [0.15, 0.2) is 42.7 Å². The lowest BCUT2D eigenvalue weighted by molar-refractivity contribution is -0.249. The molecule has 1 aromatic heterocycles. The molecule has 3 aromatic rings. The lowest BCUT2D eigenvalue weighted by atomic mass is 9.72. The first kappa shape index (κ1) is 43.8. The Balaban J connectivity index is 1.27. The van der Waals surface area contributed by atoms with Gasteiger partial charge in [-0.25, -0.2) is 0 Å². The van der Waals surface area contributed by atoms with E-state index in [0.717, 1.165) is 0 Å². The number of amides is 3. The molecule has 0 spiro atoms. The Bertz CT molecular complexity index is 2220. The van der Waals surface area contributed by atoms with Gasteiger partial charge in [0.05, 0.1) is 42.0 Å². The molecule has 0 radical (unpaired) electrons. The van der Waals surface area contributed by atoms with Crippen LogP contribution in [-0.2, 0) is 30.3 Å². The lowest BCUT2D eigenvalue weighted by Gasteiger charge is -2.43. The number of pyridine rings is 1. The molecular weight excluding hydrogens is 784 g/mol. The maximum Gasteiger partial charge on any atom is 0.252 e. The number of benzene rings is 2. The van der Waals surface area contributed by atoms with Gasteiger partial charge in [-0.15, -0.1) is 0 Å². The molecule has 8 atom stereocenters. The number of phenols is 2. The highest BCUT2D eigenvalue weighted by Crippen LogP contribution is 2.52. The minimum atomic E-state index is -2.39. The Kier molecular flexibility index (Phi) is 12.7. The minimum Gasteiger partial charge on any atom is -0.507 e. The second-order valence-corrected chi connectivity index (χ2v) is 15.2. The molecule has 60 heavy (non-hydrogen) atoms. The van der Waals surface area contributed by atoms with Gasteiger partial charge in [0.2, 0.25) is 17.6 Å². The molecule has 3 amide bonds. The third-order valence-corrected chi connectivity index (χ3v) is 11.3. The molecule has 1 fully saturated rings. The van der Waals surface area contributed by atoms with Crippen molar-refractivity contribution >= 4 is 35.1 Å². The maximum atomic E-state index is 14.0. The van der Waals surface area contributed by atoms with Crippen molar-refractivity contribution in [2.45, 2.75) is 102 Å². The molecular formula is C42H48N4O14. The summed E-state index contributed by atoms with van der Waals surface area (Å²) in [6.07, 6.45) is -3.35. The SMILES string of the molecule is CCCN(C(=O)[C@@H](C)NC(=O)c1ccncc1)[C@@H](C)C(=O)N[C@H]1C[C@H](O[C@H]2C[C@](O)(C(=O)CO)Cc3c(O)c4c(c(O)c32)C(=O)c2c(OC)cccc2C4=O)O[C@@H](C)[C@H]1O. The van der Waals surface area contributed by atoms with Gasteiger partial charge in [-0.2, -0.15) is 0 Å². The molecule has 2 aromatic carbocycles. The zero-order chi connectivity index (χ0) is 43.8. The number of carbonyl (C=O) groups excluding carboxylic acids is 6. The summed E-state index contributed by atoms with van der Waals surface area (Å²) in [7, 11) is 1.29. The molecule has 0 saturated carbocycles. The molecule has 1 aliphatic heterocycles. The van der Waals surface area contributed by atoms with Crippen molar-refractivity contribution in [3.8, 4) is 17.2 Å². The highest BCUT2D eigenvalue weighted by Gasteiger charge is 2.50. The summed E-state index contributed by atoms with van der Waals surface area (Å²) in [4.78, 5) is 86.2. The van der Waals surface area contributed by atoms with Gasteiger partial charge in [0, 0.05) is 60.5 Å². The molecule has 3 aliphatic rings. The third-order valence-electron chi connectivity index (χ3n) is 11.3. The van der Waals surface area contributed by atoms with Gasteiger partial charge in [-0.05, 0) is 45.4 Å². The van der Waals surface area contributed by atoms with Crippen LogP contribution in [0.4, 0.5) is 0 Å². The van der Waals surface area contributed by atoms with Gasteiger partial charge in [0.1, 0.15) is 47.6 Å². The molecule has 0 unspecified atom stereocenters. The van der Waals surface area contributed by atoms with Crippen LogP contribution < -0.4 is 15.4 Å². The van der Waals surface area contributed by atoms with Crippen LogP contribution in [0.3, 0.4) is 0 Å². The van der Waals surface area contributed by atoms with Gasteiger partial charge in [-0.1, -0.05) is 19.1 Å². The Morgan fingerprint density at radius 1 is 1.03 bits per heavy atom. The average Bonchev–Trinajstić information content (AvgIpc) is 3.23. The van der Waals surface area contributed by atoms with Crippen LogP contribution in [0.1, 0.15) is 106 Å². The number of ketones is 3. The number of hydrogen-bond donors (Lipinski definition) is 7. The first-order valence-corrected chi connectivity index (χ1v) is 19.5. The highest BCUT2D eigenvalue weighted by atomic mass is 16.7. The predicted octanol–water partition coefficient (Wildman–Crippen LogP) is 0.999. The summed E-state index contributed by atoms with van der Waals surface area (Å²) < 4.78 is 17.6. The van der Waals surface area contributed by atoms with Crippen LogP contribution in [-0.4, -0.2) is 133 Å². The number of fused-ring (bicyclic) bond motifs is 3. The van der Waals surface area contributed by atoms with Crippen molar-refractivity contribution in [2.75, 3.05) is 20.3 Å². The monoisotopic (exact) mass is 832 g/mol. The Morgan fingerprint density at radius 2 is 1.72 bits per heavy atom. The van der Waals surface area contributed by atoms with Crippen LogP contribution in [0.5, 0.6) is 17.2 Å². The molecule has 2 aliphatic carbocycles. The van der Waals surface area contributed by atoms with Gasteiger partial charge >= 0.3 is 0 Å². The first-order chi connectivity index (χ1) is 28.5. The topological polar surface area (TPSA) is 271 Å². The van der Waals surface area contributed by atoms with Crippen molar-refractivity contribution in [3.63, 3.8) is 0 Å². The smallest absolute Gasteiger partial charge is 0.252 e. The molecule has 1 saturated heterocycles. The molecule has 0 bridgehead atoms. The number of nitrogens with one attached hydrogen (secondary N) is 2. The van der Waals surface area contributed by atoms with Crippen LogP contribution >= 0.6 is 0 Å². The second kappa shape index (κ2) is 17.4. The molecule has 6 rings (SSSR count). The molecule has 320 valence electrons. The summed E-state index contributed by atoms with van der Waals surface area (Å²) in [5, 5.41) is 61.5. The maximum absolute atomic E-state index is 14.0. The number of hydrogen-bond acceptors (Lipinski definition) is 15. The lowest BCUT2D eigenvalue weighted by Crippen LogP contribution is -2.60. The number of nitrogens with zero attached hydrogens (tertiary/aromatic N) is 2. The van der Waals surface area contributed by atoms with E-state index < -0.39 is 125 Å². The van der Waals surface area contributed by atoms with Gasteiger partial charge < -0.3 is 55.3 Å². The quantitative estimate of drug-likeness (QED) is 0.0927. The number of phenolic OH excluding ortho intramolecular Hbond substituents is 2. The van der Waals surface area contributed by atoms with E-state index in [1.165, 1.54) is 75.5 Å². The third kappa shape index (κ3) is 7.95. The van der Waals surface area contributed by atoms with Crippen molar-refractivity contribution < 1.29 is 68.5 Å². The zero-order valence-corrected chi connectivity index (χ0v) is 33.6. The number of carbonyl (C=O) groups is 6. The summed E-state index contributed by atoms with van der Waals surface area (Å²) in [6.45, 7) is 5.35. The molecule has 2 heterocycles. The zero-order valence-electron chi connectivity index (χ0n) is 33.6. The number of Topliss-reactive ketones (excluding diaryl/α,β-unsaturated/α-hetero) is 1. The van der Waals surface area contributed by atoms with E-state index in [1.54, 1.807) is 0 Å². The Labute approximate surface area is 344 Å². The van der Waals surface area contributed by atoms with Crippen LogP contribution in [0.25, 0.3) is 0 Å². The van der Waals surface area contributed by atoms with Crippen LogP contribution in [0.2, 0.25) is 0 Å². The van der Waals surface area contributed by atoms with Crippen molar-refractivity contribution in [3.05, 3.63) is 81.7 Å². The number of aliphatic hydroxyl groups is 3. The number of aliphatic hydroxyl groups excluding tert-OH is 2. The standard InChI is InChI=1S/C42H48N4O14/c1-6-14-46(41(56)19(2)44-40(55)22-10-12-43-13-11-22)20(3)39(54)45-25-15-29(59-21(4)34(25)49)60-27-17-42(57,28(48)18-47)16-24-31(27)38(53)33-32(36(24)51)35(50)23-8-7-9-26(58-5)30(23)37(33)52/h7-13,19-21,25,27,29,34,47,49,51,53,57H,6,14-18H2,1-5H3,(H,44,55)(H,45,54)/t19-,20+,21+,25+,27+,29+,34-,42+/m1/s1. The summed E-state index contributed by atoms with van der Waals surface area (Å²) in [5.41, 5.74) is -3.97. The highest BCUT2D eigenvalue weighted by molar-refractivity contribution is 6.31. The van der Waals surface area contributed by atoms with Crippen molar-refractivity contribution in [2.24, 2.45) is 0 Å². The van der Waals surface area contributed by atoms with E-state index >= 15 is 0 Å². The average molecular weight is 833 g/mol. The number of aromatic nitrogens is 1. The molecule has 18 nitrogen and oxygen atoms in total. The first-order valence-electron chi connectivity index (χ1n) is 19.5. The van der Waals surface area contributed by atoms with E-state index in [-0.39, 0.29) is 41.0 Å². The van der Waals surface area contributed by atoms with Gasteiger partial charge in [0.25, 0.3) is 5.91 Å². The fourth-order valence-corrected chi connectivity index (χ4v) is 8.13. The second-order valence-electron chi connectivity index (χ2n) is 15.2. The predicted molar refractivity (Wildman–Crippen MR) is 208 cm³/mol. The number of ether oxygens (including phenoxy) is 3. The molecule has 18 heteroatoms. The van der Waals surface area contributed by atoms with E-state index in [1.807, 2.05) is 6.92 Å². The minimum absolute atomic E-state index is 0.0406. The Hall–Kier alpha value is -5.79. The number of rotatable bonds is 13. The fourth-order valence-electron chi connectivity index (χ4n) is 8.13. The molecule has 7 N–H and O–H groups in total. The Morgan fingerprint density at radius 3 is 2.37 bits per heavy atom. The van der Waals surface area contributed by atoms with Gasteiger partial charge in [-0.3, -0.25) is 33.8 Å². The summed E-state index contributed by atoms with van der Waals surface area (Å²) in [6, 6.07) is 4.10. The van der Waals surface area contributed by atoms with Gasteiger partial charge in [0.15, 0.2) is 17.9 Å². The number of aromatic hydroxyl groups is 2. The van der Waals surface area contributed by atoms with E-state index in [2.05, 4.69) is 15.6 Å². The fraction of sp³-hybridized carbons (Fsp3) is 0.452. The van der Waals surface area contributed by atoms with Crippen molar-refractivity contribution in [1.82, 2.24) is 20.5 Å². The van der Waals surface area contributed by atoms with Crippen molar-refractivity contribution in [1.29, 1.82) is 0 Å². The van der Waals surface area contributed by atoms with E-state index in [9.17, 15) is 54.3 Å². The van der Waals surface area contributed by atoms with E-state index in [0.29, 0.717) is 12.0 Å². The normalized spacial score (nSPS) is 24.2. The van der Waals surface area contributed by atoms with Crippen LogP contribution in [0, 0.1) is 0 Å². The summed E-state index contributed by atoms with van der Waals surface area (Å²) >= 11 is 0. The van der Waals surface area contributed by atoms with E-state index in [4.69, 9.17) is 14.2 Å². The summed E-state index contributed by atoms with van der Waals surface area (Å²) in [5.74, 6) is -5.92.